The largest absolute Gasteiger partial charge is 0.310 e. The average Bonchev–Trinajstić information content (AvgIpc) is 2.14. The fourth-order valence-corrected chi connectivity index (χ4v) is 0.972. The van der Waals surface area contributed by atoms with Crippen LogP contribution in [0.15, 0.2) is 12.3 Å². The highest BCUT2D eigenvalue weighted by Gasteiger charge is 1.99. The first-order valence-electron chi connectivity index (χ1n) is 3.33. The molecule has 0 aliphatic rings. The molecular formula is C8H12N2. The van der Waals surface area contributed by atoms with Gasteiger partial charge in [0.05, 0.1) is 0 Å². The molecule has 0 saturated heterocycles. The molecule has 0 aliphatic carbocycles. The molecule has 0 radical (unpaired) electrons. The lowest BCUT2D eigenvalue weighted by Gasteiger charge is -2.01. The predicted molar refractivity (Wildman–Crippen MR) is 42.7 cm³/mol. The normalized spacial score (nSPS) is 9.90. The SMILES string of the molecule is CC(=N)n1ccc(C)c1C. The minimum atomic E-state index is 0.575. The van der Waals surface area contributed by atoms with Crippen LogP contribution in [0, 0.1) is 19.3 Å². The second-order valence-corrected chi connectivity index (χ2v) is 2.54. The average molecular weight is 136 g/mol. The number of aromatic nitrogens is 1. The van der Waals surface area contributed by atoms with E-state index in [9.17, 15) is 0 Å². The van der Waals surface area contributed by atoms with Crippen LogP contribution >= 0.6 is 0 Å². The number of aryl methyl sites for hydroxylation is 1. The van der Waals surface area contributed by atoms with Gasteiger partial charge < -0.3 is 4.57 Å². The molecule has 1 heterocycles. The van der Waals surface area contributed by atoms with Crippen molar-refractivity contribution in [1.29, 1.82) is 5.41 Å². The minimum absolute atomic E-state index is 0.575. The van der Waals surface area contributed by atoms with E-state index in [0.717, 1.165) is 5.69 Å². The van der Waals surface area contributed by atoms with Gasteiger partial charge in [-0.15, -0.1) is 0 Å². The Kier molecular flexibility index (Phi) is 1.62. The highest BCUT2D eigenvalue weighted by Crippen LogP contribution is 2.06. The Hall–Kier alpha value is -1.05. The first kappa shape index (κ1) is 7.06. The van der Waals surface area contributed by atoms with Crippen LogP contribution < -0.4 is 0 Å². The van der Waals surface area contributed by atoms with E-state index >= 15 is 0 Å². The van der Waals surface area contributed by atoms with Gasteiger partial charge in [0.2, 0.25) is 0 Å². The molecule has 2 nitrogen and oxygen atoms in total. The van der Waals surface area contributed by atoms with Gasteiger partial charge in [0.25, 0.3) is 0 Å². The summed E-state index contributed by atoms with van der Waals surface area (Å²) in [5, 5.41) is 7.35. The van der Waals surface area contributed by atoms with Crippen molar-refractivity contribution in [1.82, 2.24) is 4.57 Å². The van der Waals surface area contributed by atoms with Gasteiger partial charge in [-0.05, 0) is 32.4 Å². The molecule has 54 valence electrons. The minimum Gasteiger partial charge on any atom is -0.310 e. The third kappa shape index (κ3) is 0.967. The lowest BCUT2D eigenvalue weighted by molar-refractivity contribution is 1.04. The molecule has 2 heteroatoms. The second kappa shape index (κ2) is 2.29. The van der Waals surface area contributed by atoms with Crippen LogP contribution in [0.1, 0.15) is 18.2 Å². The van der Waals surface area contributed by atoms with E-state index in [1.165, 1.54) is 5.56 Å². The lowest BCUT2D eigenvalue weighted by Crippen LogP contribution is -2.05. The summed E-state index contributed by atoms with van der Waals surface area (Å²) in [4.78, 5) is 0. The molecule has 0 aromatic carbocycles. The molecule has 0 aliphatic heterocycles. The first-order valence-corrected chi connectivity index (χ1v) is 3.33. The predicted octanol–water partition coefficient (Wildman–Crippen LogP) is 1.95. The van der Waals surface area contributed by atoms with Crippen molar-refractivity contribution in [3.05, 3.63) is 23.5 Å². The molecule has 0 saturated carbocycles. The molecule has 1 N–H and O–H groups in total. The molecule has 0 amide bonds. The molecule has 0 spiro atoms. The van der Waals surface area contributed by atoms with Gasteiger partial charge in [-0.1, -0.05) is 0 Å². The molecule has 0 unspecified atom stereocenters. The number of hydrogen-bond donors (Lipinski definition) is 1. The smallest absolute Gasteiger partial charge is 0.101 e. The van der Waals surface area contributed by atoms with Crippen molar-refractivity contribution in [3.63, 3.8) is 0 Å². The Bertz CT molecular complexity index is 258. The highest BCUT2D eigenvalue weighted by atomic mass is 15.0. The van der Waals surface area contributed by atoms with Crippen molar-refractivity contribution < 1.29 is 0 Å². The van der Waals surface area contributed by atoms with Crippen molar-refractivity contribution in [2.75, 3.05) is 0 Å². The zero-order chi connectivity index (χ0) is 7.72. The fraction of sp³-hybridized carbons (Fsp3) is 0.375. The van der Waals surface area contributed by atoms with Crippen LogP contribution in [0.4, 0.5) is 0 Å². The van der Waals surface area contributed by atoms with Crippen LogP contribution in [0.3, 0.4) is 0 Å². The zero-order valence-corrected chi connectivity index (χ0v) is 6.60. The van der Waals surface area contributed by atoms with E-state index in [1.54, 1.807) is 6.92 Å². The van der Waals surface area contributed by atoms with Crippen molar-refractivity contribution in [3.8, 4) is 0 Å². The summed E-state index contributed by atoms with van der Waals surface area (Å²) in [6, 6.07) is 2.02. The van der Waals surface area contributed by atoms with E-state index in [4.69, 9.17) is 5.41 Å². The fourth-order valence-electron chi connectivity index (χ4n) is 0.972. The summed E-state index contributed by atoms with van der Waals surface area (Å²) in [5.74, 6) is 0.575. The first-order chi connectivity index (χ1) is 4.63. The van der Waals surface area contributed by atoms with Crippen LogP contribution in [-0.4, -0.2) is 10.4 Å². The number of hydrogen-bond acceptors (Lipinski definition) is 1. The van der Waals surface area contributed by atoms with Crippen molar-refractivity contribution in [2.45, 2.75) is 20.8 Å². The van der Waals surface area contributed by atoms with Gasteiger partial charge in [0.1, 0.15) is 5.84 Å². The van der Waals surface area contributed by atoms with Crippen molar-refractivity contribution >= 4 is 5.84 Å². The molecule has 1 rings (SSSR count). The van der Waals surface area contributed by atoms with E-state index in [0.29, 0.717) is 5.84 Å². The molecule has 0 bridgehead atoms. The summed E-state index contributed by atoms with van der Waals surface area (Å²) in [6.07, 6.45) is 1.92. The summed E-state index contributed by atoms with van der Waals surface area (Å²) in [6.45, 7) is 5.86. The highest BCUT2D eigenvalue weighted by molar-refractivity contribution is 5.79. The summed E-state index contributed by atoms with van der Waals surface area (Å²) >= 11 is 0. The van der Waals surface area contributed by atoms with Crippen LogP contribution in [0.25, 0.3) is 0 Å². The summed E-state index contributed by atoms with van der Waals surface area (Å²) in [7, 11) is 0. The third-order valence-electron chi connectivity index (χ3n) is 1.77. The number of nitrogens with one attached hydrogen (secondary N) is 1. The zero-order valence-electron chi connectivity index (χ0n) is 6.60. The number of rotatable bonds is 0. The van der Waals surface area contributed by atoms with E-state index in [1.807, 2.05) is 23.8 Å². The Balaban J connectivity index is 3.17. The van der Waals surface area contributed by atoms with Gasteiger partial charge >= 0.3 is 0 Å². The van der Waals surface area contributed by atoms with Gasteiger partial charge in [-0.3, -0.25) is 5.41 Å². The Morgan fingerprint density at radius 3 is 2.30 bits per heavy atom. The molecule has 10 heavy (non-hydrogen) atoms. The molecule has 1 aromatic heterocycles. The maximum absolute atomic E-state index is 7.35. The Labute approximate surface area is 61.0 Å². The second-order valence-electron chi connectivity index (χ2n) is 2.54. The number of nitrogens with zero attached hydrogens (tertiary/aromatic N) is 1. The maximum Gasteiger partial charge on any atom is 0.101 e. The third-order valence-corrected chi connectivity index (χ3v) is 1.77. The van der Waals surface area contributed by atoms with Crippen molar-refractivity contribution in [2.24, 2.45) is 0 Å². The van der Waals surface area contributed by atoms with Crippen LogP contribution in [0.5, 0.6) is 0 Å². The quantitative estimate of drug-likeness (QED) is 0.417. The van der Waals surface area contributed by atoms with E-state index in [2.05, 4.69) is 6.92 Å². The molecule has 0 fully saturated rings. The lowest BCUT2D eigenvalue weighted by atomic mass is 10.3. The topological polar surface area (TPSA) is 28.8 Å². The standard InChI is InChI=1S/C8H12N2/c1-6-4-5-10(7(6)2)8(3)9/h4-5,9H,1-3H3. The maximum atomic E-state index is 7.35. The van der Waals surface area contributed by atoms with E-state index < -0.39 is 0 Å². The Morgan fingerprint density at radius 2 is 2.10 bits per heavy atom. The van der Waals surface area contributed by atoms with Crippen LogP contribution in [0.2, 0.25) is 0 Å². The van der Waals surface area contributed by atoms with Gasteiger partial charge in [0, 0.05) is 11.9 Å². The van der Waals surface area contributed by atoms with E-state index in [-0.39, 0.29) is 0 Å². The van der Waals surface area contributed by atoms with Gasteiger partial charge in [-0.25, -0.2) is 0 Å². The van der Waals surface area contributed by atoms with Gasteiger partial charge in [0.15, 0.2) is 0 Å². The summed E-state index contributed by atoms with van der Waals surface area (Å²) < 4.78 is 1.87. The molecular weight excluding hydrogens is 124 g/mol. The summed E-state index contributed by atoms with van der Waals surface area (Å²) in [5.41, 5.74) is 2.40. The molecule has 0 atom stereocenters. The molecule has 1 aromatic rings. The monoisotopic (exact) mass is 136 g/mol. The van der Waals surface area contributed by atoms with Gasteiger partial charge in [-0.2, -0.15) is 0 Å². The Morgan fingerprint density at radius 1 is 1.50 bits per heavy atom. The van der Waals surface area contributed by atoms with Crippen LogP contribution in [-0.2, 0) is 0 Å².